The van der Waals surface area contributed by atoms with E-state index in [2.05, 4.69) is 16.5 Å². The highest BCUT2D eigenvalue weighted by Crippen LogP contribution is 2.33. The molecular formula is C11H10Cl2N2OS. The molecule has 1 rings (SSSR count). The second kappa shape index (κ2) is 6.69. The van der Waals surface area contributed by atoms with E-state index < -0.39 is 0 Å². The van der Waals surface area contributed by atoms with E-state index in [1.165, 1.54) is 24.2 Å². The third-order valence-electron chi connectivity index (χ3n) is 1.62. The van der Waals surface area contributed by atoms with Gasteiger partial charge in [-0.3, -0.25) is 9.78 Å². The van der Waals surface area contributed by atoms with Gasteiger partial charge in [0.05, 0.1) is 27.5 Å². The predicted octanol–water partition coefficient (Wildman–Crippen LogP) is 3.64. The average Bonchev–Trinajstić information content (AvgIpc) is 2.27. The number of thioether (sulfide) groups is 1. The molecule has 0 radical (unpaired) electrons. The number of hydrogen-bond donors (Lipinski definition) is 1. The van der Waals surface area contributed by atoms with Crippen LogP contribution in [0.4, 0.5) is 0 Å². The van der Waals surface area contributed by atoms with E-state index in [-0.39, 0.29) is 10.6 Å². The molecule has 0 fully saturated rings. The molecule has 6 heteroatoms. The molecular weight excluding hydrogens is 279 g/mol. The van der Waals surface area contributed by atoms with Crippen LogP contribution < -0.4 is 5.56 Å². The van der Waals surface area contributed by atoms with Gasteiger partial charge in [0.15, 0.2) is 0 Å². The van der Waals surface area contributed by atoms with Gasteiger partial charge in [0.25, 0.3) is 5.56 Å². The van der Waals surface area contributed by atoms with E-state index in [0.717, 1.165) is 0 Å². The summed E-state index contributed by atoms with van der Waals surface area (Å²) in [6.07, 6.45) is 6.34. The number of H-pyrrole nitrogens is 1. The number of hydrogen-bond acceptors (Lipinski definition) is 3. The minimum absolute atomic E-state index is 0.249. The minimum atomic E-state index is -0.268. The zero-order valence-electron chi connectivity index (χ0n) is 9.04. The Morgan fingerprint density at radius 1 is 1.53 bits per heavy atom. The van der Waals surface area contributed by atoms with E-state index in [1.807, 2.05) is 13.0 Å². The Kier molecular flexibility index (Phi) is 5.55. The molecule has 0 aliphatic rings. The van der Waals surface area contributed by atoms with Crippen molar-refractivity contribution in [3.05, 3.63) is 56.4 Å². The molecule has 0 aliphatic heterocycles. The molecule has 0 saturated heterocycles. The van der Waals surface area contributed by atoms with Crippen LogP contribution in [0.25, 0.3) is 0 Å². The van der Waals surface area contributed by atoms with Crippen LogP contribution in [0.2, 0.25) is 0 Å². The Bertz CT molecular complexity index is 534. The smallest absolute Gasteiger partial charge is 0.267 e. The van der Waals surface area contributed by atoms with Crippen LogP contribution in [0.15, 0.2) is 55.9 Å². The van der Waals surface area contributed by atoms with Gasteiger partial charge in [-0.2, -0.15) is 0 Å². The highest BCUT2D eigenvalue weighted by Gasteiger charge is 2.07. The van der Waals surface area contributed by atoms with Gasteiger partial charge in [0.1, 0.15) is 0 Å². The molecule has 0 spiro atoms. The maximum absolute atomic E-state index is 11.1. The van der Waals surface area contributed by atoms with Gasteiger partial charge < -0.3 is 4.98 Å². The second-order valence-electron chi connectivity index (χ2n) is 2.95. The number of halogens is 2. The Labute approximate surface area is 113 Å². The number of rotatable bonds is 4. The first-order valence-corrected chi connectivity index (χ1v) is 6.21. The number of nitrogens with one attached hydrogen (secondary N) is 1. The van der Waals surface area contributed by atoms with Crippen LogP contribution in [0, 0.1) is 0 Å². The molecule has 1 N–H and O–H groups in total. The van der Waals surface area contributed by atoms with E-state index in [0.29, 0.717) is 15.0 Å². The maximum Gasteiger partial charge on any atom is 0.267 e. The Balaban J connectivity index is 3.08. The first-order valence-electron chi connectivity index (χ1n) is 4.64. The molecule has 0 bridgehead atoms. The lowest BCUT2D eigenvalue weighted by Crippen LogP contribution is -2.05. The topological polar surface area (TPSA) is 45.8 Å². The maximum atomic E-state index is 11.1. The van der Waals surface area contributed by atoms with Crippen LogP contribution in [0.1, 0.15) is 6.92 Å². The average molecular weight is 289 g/mol. The molecule has 0 unspecified atom stereocenters. The van der Waals surface area contributed by atoms with Crippen molar-refractivity contribution in [2.45, 2.75) is 11.9 Å². The molecule has 0 saturated carbocycles. The van der Waals surface area contributed by atoms with Gasteiger partial charge in [0, 0.05) is 4.91 Å². The molecule has 0 aromatic carbocycles. The number of allylic oxidation sites excluding steroid dienone is 4. The van der Waals surface area contributed by atoms with Gasteiger partial charge in [-0.25, -0.2) is 0 Å². The predicted molar refractivity (Wildman–Crippen MR) is 73.4 cm³/mol. The van der Waals surface area contributed by atoms with Crippen LogP contribution >= 0.6 is 35.0 Å². The summed E-state index contributed by atoms with van der Waals surface area (Å²) in [6, 6.07) is 0. The van der Waals surface area contributed by atoms with E-state index in [9.17, 15) is 4.79 Å². The van der Waals surface area contributed by atoms with Crippen molar-refractivity contribution < 1.29 is 0 Å². The molecule has 0 atom stereocenters. The lowest BCUT2D eigenvalue weighted by Gasteiger charge is -2.04. The van der Waals surface area contributed by atoms with Crippen molar-refractivity contribution in [1.82, 2.24) is 9.97 Å². The molecule has 0 amide bonds. The van der Waals surface area contributed by atoms with Crippen LogP contribution in [0.3, 0.4) is 0 Å². The van der Waals surface area contributed by atoms with Crippen LogP contribution in [0.5, 0.6) is 0 Å². The Morgan fingerprint density at radius 3 is 2.76 bits per heavy atom. The van der Waals surface area contributed by atoms with Gasteiger partial charge in [-0.05, 0) is 6.92 Å². The lowest BCUT2D eigenvalue weighted by atomic mass is 10.4. The van der Waals surface area contributed by atoms with E-state index in [4.69, 9.17) is 23.2 Å². The van der Waals surface area contributed by atoms with Crippen molar-refractivity contribution in [2.24, 2.45) is 0 Å². The van der Waals surface area contributed by atoms with Crippen LogP contribution in [-0.2, 0) is 0 Å². The fourth-order valence-corrected chi connectivity index (χ4v) is 2.22. The monoisotopic (exact) mass is 288 g/mol. The first-order chi connectivity index (χ1) is 8.04. The zero-order chi connectivity index (χ0) is 12.8. The number of aromatic nitrogens is 2. The first kappa shape index (κ1) is 14.1. The molecule has 90 valence electrons. The number of aromatic amines is 1. The Hall–Kier alpha value is -0.970. The van der Waals surface area contributed by atoms with Crippen molar-refractivity contribution in [1.29, 1.82) is 0 Å². The third kappa shape index (κ3) is 4.42. The summed E-state index contributed by atoms with van der Waals surface area (Å²) in [7, 11) is 0. The fraction of sp³-hybridized carbons (Fsp3) is 0.0909. The molecule has 1 aromatic heterocycles. The summed E-state index contributed by atoms with van der Waals surface area (Å²) in [5.41, 5.74) is -0.268. The van der Waals surface area contributed by atoms with E-state index in [1.54, 1.807) is 6.08 Å². The summed E-state index contributed by atoms with van der Waals surface area (Å²) in [5, 5.41) is 1.18. The second-order valence-corrected chi connectivity index (χ2v) is 4.86. The quantitative estimate of drug-likeness (QED) is 0.680. The van der Waals surface area contributed by atoms with E-state index >= 15 is 0 Å². The highest BCUT2D eigenvalue weighted by molar-refractivity contribution is 8.03. The summed E-state index contributed by atoms with van der Waals surface area (Å²) in [6.45, 7) is 5.41. The SMILES string of the molecule is C=C(Cl)/C(Cl)=C(\C=C/C)Sc1cncc(=O)[nH]1. The number of nitrogens with zero attached hydrogens (tertiary/aromatic N) is 1. The standard InChI is InChI=1S/C11H10Cl2N2OS/c1-3-4-8(11(13)7(2)12)17-10-6-14-5-9(16)15-10/h3-6H,2H2,1H3,(H,15,16)/b4-3-,11-8-. The Morgan fingerprint density at radius 2 is 2.24 bits per heavy atom. The molecule has 1 aromatic rings. The van der Waals surface area contributed by atoms with Crippen LogP contribution in [-0.4, -0.2) is 9.97 Å². The molecule has 3 nitrogen and oxygen atoms in total. The summed E-state index contributed by atoms with van der Waals surface area (Å²) >= 11 is 13.0. The highest BCUT2D eigenvalue weighted by atomic mass is 35.5. The lowest BCUT2D eigenvalue weighted by molar-refractivity contribution is 1.01. The van der Waals surface area contributed by atoms with Crippen molar-refractivity contribution in [2.75, 3.05) is 0 Å². The summed E-state index contributed by atoms with van der Waals surface area (Å²) < 4.78 is 0. The summed E-state index contributed by atoms with van der Waals surface area (Å²) in [4.78, 5) is 18.2. The largest absolute Gasteiger partial charge is 0.314 e. The van der Waals surface area contributed by atoms with Crippen molar-refractivity contribution in [3.63, 3.8) is 0 Å². The van der Waals surface area contributed by atoms with Gasteiger partial charge >= 0.3 is 0 Å². The van der Waals surface area contributed by atoms with Gasteiger partial charge in [0.2, 0.25) is 0 Å². The van der Waals surface area contributed by atoms with Crippen molar-refractivity contribution >= 4 is 35.0 Å². The van der Waals surface area contributed by atoms with Crippen molar-refractivity contribution in [3.8, 4) is 0 Å². The van der Waals surface area contributed by atoms with Gasteiger partial charge in [-0.15, -0.1) is 0 Å². The minimum Gasteiger partial charge on any atom is -0.314 e. The third-order valence-corrected chi connectivity index (χ3v) is 3.44. The summed E-state index contributed by atoms with van der Waals surface area (Å²) in [5.74, 6) is 0. The molecule has 0 aliphatic carbocycles. The molecule has 1 heterocycles. The van der Waals surface area contributed by atoms with Gasteiger partial charge in [-0.1, -0.05) is 53.7 Å². The fourth-order valence-electron chi connectivity index (χ4n) is 0.966. The molecule has 17 heavy (non-hydrogen) atoms. The zero-order valence-corrected chi connectivity index (χ0v) is 11.4. The normalized spacial score (nSPS) is 12.6.